The molecule has 0 radical (unpaired) electrons. The van der Waals surface area contributed by atoms with Crippen molar-refractivity contribution in [3.63, 3.8) is 0 Å². The summed E-state index contributed by atoms with van der Waals surface area (Å²) in [6.45, 7) is 1.84. The van der Waals surface area contributed by atoms with Gasteiger partial charge in [0.1, 0.15) is 0 Å². The number of aliphatic hydroxyl groups is 1. The van der Waals surface area contributed by atoms with Gasteiger partial charge in [-0.1, -0.05) is 48.5 Å². The van der Waals surface area contributed by atoms with Gasteiger partial charge in [0.25, 0.3) is 5.79 Å². The van der Waals surface area contributed by atoms with E-state index >= 15 is 0 Å². The first-order valence-corrected chi connectivity index (χ1v) is 7.34. The predicted molar refractivity (Wildman–Crippen MR) is 81.6 cm³/mol. The highest BCUT2D eigenvalue weighted by Crippen LogP contribution is 2.45. The quantitative estimate of drug-likeness (QED) is 0.877. The van der Waals surface area contributed by atoms with Crippen LogP contribution in [0.4, 0.5) is 0 Å². The molecule has 2 aromatic rings. The summed E-state index contributed by atoms with van der Waals surface area (Å²) >= 11 is 0. The molecule has 1 heterocycles. The second-order valence-electron chi connectivity index (χ2n) is 5.23. The summed E-state index contributed by atoms with van der Waals surface area (Å²) in [4.78, 5) is 24.5. The molecule has 23 heavy (non-hydrogen) atoms. The van der Waals surface area contributed by atoms with E-state index in [1.54, 1.807) is 61.5 Å². The highest BCUT2D eigenvalue weighted by Gasteiger charge is 2.54. The fraction of sp³-hybridized carbons (Fsp3) is 0.222. The minimum atomic E-state index is -2.08. The number of esters is 2. The van der Waals surface area contributed by atoms with Crippen LogP contribution in [0.1, 0.15) is 34.3 Å². The highest BCUT2D eigenvalue weighted by atomic mass is 16.7. The number of hydrogen-bond acceptors (Lipinski definition) is 5. The number of rotatable bonds is 4. The van der Waals surface area contributed by atoms with Crippen LogP contribution in [-0.4, -0.2) is 23.7 Å². The van der Waals surface area contributed by atoms with Gasteiger partial charge in [0, 0.05) is 5.56 Å². The van der Waals surface area contributed by atoms with Crippen molar-refractivity contribution in [2.75, 3.05) is 6.61 Å². The van der Waals surface area contributed by atoms with Crippen molar-refractivity contribution < 1.29 is 24.2 Å². The van der Waals surface area contributed by atoms with Crippen LogP contribution < -0.4 is 0 Å². The second kappa shape index (κ2) is 5.85. The zero-order valence-corrected chi connectivity index (χ0v) is 12.6. The highest BCUT2D eigenvalue weighted by molar-refractivity contribution is 5.96. The van der Waals surface area contributed by atoms with E-state index in [1.807, 2.05) is 0 Å². The second-order valence-corrected chi connectivity index (χ2v) is 5.23. The molecule has 0 bridgehead atoms. The number of carbonyl (C=O) groups excluding carboxylic acids is 2. The molecule has 118 valence electrons. The summed E-state index contributed by atoms with van der Waals surface area (Å²) in [5, 5.41) is 11.1. The Hall–Kier alpha value is -2.66. The molecule has 1 aliphatic rings. The molecule has 1 N–H and O–H groups in total. The number of hydrogen-bond donors (Lipinski definition) is 1. The van der Waals surface area contributed by atoms with Gasteiger partial charge in [-0.25, -0.2) is 4.79 Å². The standard InChI is InChI=1S/C18H16O5/c1-2-22-17(20)15(12-8-4-3-5-9-12)18(21)14-11-7-6-10-13(14)16(19)23-18/h3-11,15,21H,2H2,1H3. The molecule has 0 aromatic heterocycles. The Bertz CT molecular complexity index is 740. The minimum Gasteiger partial charge on any atom is -0.465 e. The average Bonchev–Trinajstić information content (AvgIpc) is 2.81. The molecular formula is C18H16O5. The van der Waals surface area contributed by atoms with Crippen LogP contribution in [0.3, 0.4) is 0 Å². The van der Waals surface area contributed by atoms with Gasteiger partial charge in [0.15, 0.2) is 5.92 Å². The van der Waals surface area contributed by atoms with Gasteiger partial charge >= 0.3 is 11.9 Å². The van der Waals surface area contributed by atoms with Gasteiger partial charge in [-0.2, -0.15) is 0 Å². The summed E-state index contributed by atoms with van der Waals surface area (Å²) in [5.41, 5.74) is 1.03. The third-order valence-electron chi connectivity index (χ3n) is 3.83. The lowest BCUT2D eigenvalue weighted by Crippen LogP contribution is -2.39. The maximum Gasteiger partial charge on any atom is 0.341 e. The molecule has 1 aliphatic heterocycles. The molecule has 2 aromatic carbocycles. The van der Waals surface area contributed by atoms with Gasteiger partial charge in [0.05, 0.1) is 12.2 Å². The van der Waals surface area contributed by atoms with E-state index < -0.39 is 23.6 Å². The average molecular weight is 312 g/mol. The van der Waals surface area contributed by atoms with Crippen molar-refractivity contribution in [1.82, 2.24) is 0 Å². The number of cyclic esters (lactones) is 1. The molecule has 2 atom stereocenters. The van der Waals surface area contributed by atoms with Crippen LogP contribution in [0.5, 0.6) is 0 Å². The lowest BCUT2D eigenvalue weighted by Gasteiger charge is -2.30. The SMILES string of the molecule is CCOC(=O)C(c1ccccc1)C1(O)OC(=O)c2ccccc21. The molecule has 0 spiro atoms. The molecule has 0 fully saturated rings. The zero-order chi connectivity index (χ0) is 16.4. The number of carbonyl (C=O) groups is 2. The lowest BCUT2D eigenvalue weighted by atomic mass is 9.85. The first-order chi connectivity index (χ1) is 11.1. The molecule has 0 saturated carbocycles. The smallest absolute Gasteiger partial charge is 0.341 e. The van der Waals surface area contributed by atoms with E-state index in [-0.39, 0.29) is 17.7 Å². The van der Waals surface area contributed by atoms with E-state index in [9.17, 15) is 14.7 Å². The lowest BCUT2D eigenvalue weighted by molar-refractivity contribution is -0.196. The van der Waals surface area contributed by atoms with Gasteiger partial charge in [-0.05, 0) is 18.6 Å². The maximum absolute atomic E-state index is 12.5. The molecule has 0 saturated heterocycles. The molecule has 0 amide bonds. The Balaban J connectivity index is 2.14. The van der Waals surface area contributed by atoms with Gasteiger partial charge < -0.3 is 14.6 Å². The van der Waals surface area contributed by atoms with Crippen LogP contribution >= 0.6 is 0 Å². The van der Waals surface area contributed by atoms with E-state index in [2.05, 4.69) is 0 Å². The Labute approximate surface area is 133 Å². The fourth-order valence-corrected chi connectivity index (χ4v) is 2.83. The van der Waals surface area contributed by atoms with E-state index in [4.69, 9.17) is 9.47 Å². The third-order valence-corrected chi connectivity index (χ3v) is 3.83. The first-order valence-electron chi connectivity index (χ1n) is 7.34. The Morgan fingerprint density at radius 1 is 1.17 bits per heavy atom. The van der Waals surface area contributed by atoms with Crippen LogP contribution in [0.15, 0.2) is 54.6 Å². The van der Waals surface area contributed by atoms with Crippen molar-refractivity contribution in [2.24, 2.45) is 0 Å². The summed E-state index contributed by atoms with van der Waals surface area (Å²) in [6, 6.07) is 15.2. The number of fused-ring (bicyclic) bond motifs is 1. The third kappa shape index (κ3) is 2.49. The van der Waals surface area contributed by atoms with Crippen LogP contribution in [-0.2, 0) is 20.1 Å². The normalized spacial score (nSPS) is 20.5. The van der Waals surface area contributed by atoms with E-state index in [1.165, 1.54) is 0 Å². The molecule has 5 heteroatoms. The van der Waals surface area contributed by atoms with Crippen molar-refractivity contribution in [1.29, 1.82) is 0 Å². The summed E-state index contributed by atoms with van der Waals surface area (Å²) in [6.07, 6.45) is 0. The zero-order valence-electron chi connectivity index (χ0n) is 12.6. The van der Waals surface area contributed by atoms with E-state index in [0.29, 0.717) is 5.56 Å². The monoisotopic (exact) mass is 312 g/mol. The van der Waals surface area contributed by atoms with Crippen LogP contribution in [0, 0.1) is 0 Å². The molecule has 2 unspecified atom stereocenters. The van der Waals surface area contributed by atoms with Crippen molar-refractivity contribution >= 4 is 11.9 Å². The largest absolute Gasteiger partial charge is 0.465 e. The van der Waals surface area contributed by atoms with Crippen molar-refractivity contribution in [3.05, 3.63) is 71.3 Å². The minimum absolute atomic E-state index is 0.161. The van der Waals surface area contributed by atoms with Crippen LogP contribution in [0.2, 0.25) is 0 Å². The van der Waals surface area contributed by atoms with Gasteiger partial charge in [-0.15, -0.1) is 0 Å². The molecule has 0 aliphatic carbocycles. The molecular weight excluding hydrogens is 296 g/mol. The predicted octanol–water partition coefficient (Wildman–Crippen LogP) is 2.35. The van der Waals surface area contributed by atoms with Gasteiger partial charge in [0.2, 0.25) is 0 Å². The first kappa shape index (κ1) is 15.2. The summed E-state index contributed by atoms with van der Waals surface area (Å²) in [7, 11) is 0. The summed E-state index contributed by atoms with van der Waals surface area (Å²) in [5.74, 6) is -4.54. The van der Waals surface area contributed by atoms with E-state index in [0.717, 1.165) is 0 Å². The van der Waals surface area contributed by atoms with Crippen molar-refractivity contribution in [2.45, 2.75) is 18.6 Å². The topological polar surface area (TPSA) is 72.8 Å². The Kier molecular flexibility index (Phi) is 3.88. The van der Waals surface area contributed by atoms with Crippen molar-refractivity contribution in [3.8, 4) is 0 Å². The number of ether oxygens (including phenoxy) is 2. The number of benzene rings is 2. The van der Waals surface area contributed by atoms with Crippen LogP contribution in [0.25, 0.3) is 0 Å². The fourth-order valence-electron chi connectivity index (χ4n) is 2.83. The summed E-state index contributed by atoms with van der Waals surface area (Å²) < 4.78 is 10.3. The maximum atomic E-state index is 12.5. The molecule has 3 rings (SSSR count). The Morgan fingerprint density at radius 2 is 1.83 bits per heavy atom. The Morgan fingerprint density at radius 3 is 2.52 bits per heavy atom. The molecule has 5 nitrogen and oxygen atoms in total. The van der Waals surface area contributed by atoms with Gasteiger partial charge in [-0.3, -0.25) is 4.79 Å².